The Hall–Kier alpha value is -3.33. The van der Waals surface area contributed by atoms with Crippen molar-refractivity contribution in [2.75, 3.05) is 0 Å². The van der Waals surface area contributed by atoms with E-state index < -0.39 is 0 Å². The van der Waals surface area contributed by atoms with E-state index in [9.17, 15) is 0 Å². The highest BCUT2D eigenvalue weighted by Crippen LogP contribution is 2.29. The molecule has 3 nitrogen and oxygen atoms in total. The smallest absolute Gasteiger partial charge is 0.131 e. The summed E-state index contributed by atoms with van der Waals surface area (Å²) in [5.74, 6) is 0.359. The number of benzene rings is 3. The van der Waals surface area contributed by atoms with Crippen molar-refractivity contribution in [3.8, 4) is 0 Å². The maximum Gasteiger partial charge on any atom is 0.131 e. The second-order valence-corrected chi connectivity index (χ2v) is 6.17. The van der Waals surface area contributed by atoms with Gasteiger partial charge in [-0.25, -0.2) is 0 Å². The minimum absolute atomic E-state index is 0.359. The summed E-state index contributed by atoms with van der Waals surface area (Å²) in [5.41, 5.74) is 11.0. The minimum atomic E-state index is 0.359. The molecule has 1 heterocycles. The monoisotopic (exact) mass is 325 g/mol. The largest absolute Gasteiger partial charge is 0.398 e. The van der Waals surface area contributed by atoms with E-state index in [0.29, 0.717) is 11.5 Å². The number of aryl methyl sites for hydroxylation is 1. The zero-order valence-electron chi connectivity index (χ0n) is 14.0. The van der Waals surface area contributed by atoms with Crippen molar-refractivity contribution in [1.29, 1.82) is 5.41 Å². The van der Waals surface area contributed by atoms with Crippen LogP contribution in [-0.4, -0.2) is 10.4 Å². The fourth-order valence-corrected chi connectivity index (χ4v) is 3.37. The first kappa shape index (κ1) is 15.2. The molecule has 25 heavy (non-hydrogen) atoms. The van der Waals surface area contributed by atoms with Crippen LogP contribution in [0.5, 0.6) is 0 Å². The molecule has 3 N–H and O–H groups in total. The highest BCUT2D eigenvalue weighted by atomic mass is 15.0. The Morgan fingerprint density at radius 3 is 1.96 bits per heavy atom. The second kappa shape index (κ2) is 5.95. The molecule has 0 bridgehead atoms. The molecule has 4 rings (SSSR count). The molecule has 0 amide bonds. The van der Waals surface area contributed by atoms with Crippen LogP contribution in [0.1, 0.15) is 11.1 Å². The molecule has 3 heteroatoms. The molecule has 122 valence electrons. The molecular formula is C22H19N3. The standard InChI is InChI=1S/C22H19N3/c1-15-8-2-3-9-16(15)19(23)14-22(24)25-20-12-6-4-10-17(20)18-11-5-7-13-21(18)25/h2-14,24H,23H2,1H3/b19-14-,24-22?. The normalized spacial score (nSPS) is 12.0. The zero-order chi connectivity index (χ0) is 17.4. The number of aromatic nitrogens is 1. The summed E-state index contributed by atoms with van der Waals surface area (Å²) in [5, 5.41) is 11.0. The number of nitrogens with two attached hydrogens (primary N) is 1. The van der Waals surface area contributed by atoms with Gasteiger partial charge in [0.2, 0.25) is 0 Å². The average molecular weight is 325 g/mol. The van der Waals surface area contributed by atoms with Crippen LogP contribution < -0.4 is 5.73 Å². The lowest BCUT2D eigenvalue weighted by Gasteiger charge is -2.09. The molecule has 0 spiro atoms. The van der Waals surface area contributed by atoms with Gasteiger partial charge in [-0.2, -0.15) is 0 Å². The fourth-order valence-electron chi connectivity index (χ4n) is 3.37. The van der Waals surface area contributed by atoms with E-state index in [1.165, 1.54) is 0 Å². The molecule has 1 aromatic heterocycles. The first-order chi connectivity index (χ1) is 12.2. The van der Waals surface area contributed by atoms with Crippen LogP contribution in [0.4, 0.5) is 0 Å². The molecule has 0 aliphatic carbocycles. The summed E-state index contributed by atoms with van der Waals surface area (Å²) in [7, 11) is 0. The average Bonchev–Trinajstić information content (AvgIpc) is 2.96. The quantitative estimate of drug-likeness (QED) is 0.398. The molecule has 4 aromatic rings. The number of nitrogens with one attached hydrogen (secondary N) is 1. The molecule has 0 radical (unpaired) electrons. The lowest BCUT2D eigenvalue weighted by atomic mass is 10.1. The summed E-state index contributed by atoms with van der Waals surface area (Å²) < 4.78 is 1.95. The molecule has 0 fully saturated rings. The van der Waals surface area contributed by atoms with E-state index in [0.717, 1.165) is 32.9 Å². The number of allylic oxidation sites excluding steroid dienone is 1. The van der Waals surface area contributed by atoms with Crippen molar-refractivity contribution >= 4 is 33.3 Å². The van der Waals surface area contributed by atoms with E-state index in [1.54, 1.807) is 6.08 Å². The second-order valence-electron chi connectivity index (χ2n) is 6.17. The Morgan fingerprint density at radius 1 is 0.840 bits per heavy atom. The molecule has 0 unspecified atom stereocenters. The van der Waals surface area contributed by atoms with Crippen LogP contribution in [0.15, 0.2) is 78.9 Å². The summed E-state index contributed by atoms with van der Waals surface area (Å²) >= 11 is 0. The van der Waals surface area contributed by atoms with E-state index in [1.807, 2.05) is 72.2 Å². The van der Waals surface area contributed by atoms with Gasteiger partial charge >= 0.3 is 0 Å². The van der Waals surface area contributed by atoms with Crippen molar-refractivity contribution in [2.24, 2.45) is 5.73 Å². The summed E-state index contributed by atoms with van der Waals surface area (Å²) in [4.78, 5) is 0. The first-order valence-electron chi connectivity index (χ1n) is 8.27. The van der Waals surface area contributed by atoms with Crippen molar-refractivity contribution in [2.45, 2.75) is 6.92 Å². The third-order valence-corrected chi connectivity index (χ3v) is 4.57. The topological polar surface area (TPSA) is 54.8 Å². The van der Waals surface area contributed by atoms with E-state index in [2.05, 4.69) is 12.1 Å². The van der Waals surface area contributed by atoms with Gasteiger partial charge in [-0.15, -0.1) is 0 Å². The Kier molecular flexibility index (Phi) is 3.62. The Balaban J connectivity index is 1.90. The molecule has 0 aliphatic heterocycles. The SMILES string of the molecule is Cc1ccccc1/C(N)=C/C(=N)n1c2ccccc2c2ccccc21. The number of hydrogen-bond donors (Lipinski definition) is 2. The van der Waals surface area contributed by atoms with Crippen LogP contribution in [0, 0.1) is 12.3 Å². The van der Waals surface area contributed by atoms with Crippen LogP contribution >= 0.6 is 0 Å². The molecular weight excluding hydrogens is 306 g/mol. The molecule has 0 atom stereocenters. The van der Waals surface area contributed by atoms with Gasteiger partial charge in [-0.1, -0.05) is 60.7 Å². The summed E-state index contributed by atoms with van der Waals surface area (Å²) in [6.07, 6.45) is 1.74. The summed E-state index contributed by atoms with van der Waals surface area (Å²) in [6.45, 7) is 2.03. The Bertz CT molecular complexity index is 1080. The highest BCUT2D eigenvalue weighted by Gasteiger charge is 2.12. The Labute approximate surface area is 146 Å². The van der Waals surface area contributed by atoms with E-state index >= 15 is 0 Å². The molecule has 3 aromatic carbocycles. The molecule has 0 saturated heterocycles. The van der Waals surface area contributed by atoms with E-state index in [-0.39, 0.29) is 0 Å². The third kappa shape index (κ3) is 2.50. The lowest BCUT2D eigenvalue weighted by Crippen LogP contribution is -2.10. The van der Waals surface area contributed by atoms with Crippen molar-refractivity contribution in [3.63, 3.8) is 0 Å². The van der Waals surface area contributed by atoms with Crippen molar-refractivity contribution in [3.05, 3.63) is 90.0 Å². The van der Waals surface area contributed by atoms with Crippen LogP contribution in [-0.2, 0) is 0 Å². The molecule has 0 saturated carbocycles. The Morgan fingerprint density at radius 2 is 1.36 bits per heavy atom. The zero-order valence-corrected chi connectivity index (χ0v) is 14.0. The maximum absolute atomic E-state index is 8.67. The number of rotatable bonds is 2. The lowest BCUT2D eigenvalue weighted by molar-refractivity contribution is 1.24. The minimum Gasteiger partial charge on any atom is -0.398 e. The van der Waals surface area contributed by atoms with E-state index in [4.69, 9.17) is 11.1 Å². The van der Waals surface area contributed by atoms with Crippen molar-refractivity contribution in [1.82, 2.24) is 4.57 Å². The van der Waals surface area contributed by atoms with Gasteiger partial charge in [0.1, 0.15) is 5.84 Å². The van der Waals surface area contributed by atoms with Gasteiger partial charge in [0.05, 0.1) is 11.0 Å². The van der Waals surface area contributed by atoms with Crippen LogP contribution in [0.2, 0.25) is 0 Å². The number of fused-ring (bicyclic) bond motifs is 3. The predicted octanol–water partition coefficient (Wildman–Crippen LogP) is 4.93. The highest BCUT2D eigenvalue weighted by molar-refractivity contribution is 6.16. The number of nitrogens with zero attached hydrogens (tertiary/aromatic N) is 1. The van der Waals surface area contributed by atoms with Crippen LogP contribution in [0.25, 0.3) is 27.5 Å². The van der Waals surface area contributed by atoms with Gasteiger partial charge < -0.3 is 5.73 Å². The van der Waals surface area contributed by atoms with Crippen molar-refractivity contribution < 1.29 is 0 Å². The first-order valence-corrected chi connectivity index (χ1v) is 8.27. The number of hydrogen-bond acceptors (Lipinski definition) is 2. The third-order valence-electron chi connectivity index (χ3n) is 4.57. The van der Waals surface area contributed by atoms with Gasteiger partial charge in [-0.3, -0.25) is 9.98 Å². The van der Waals surface area contributed by atoms with Crippen LogP contribution in [0.3, 0.4) is 0 Å². The van der Waals surface area contributed by atoms with Gasteiger partial charge in [0.25, 0.3) is 0 Å². The maximum atomic E-state index is 8.67. The van der Waals surface area contributed by atoms with Gasteiger partial charge in [-0.05, 0) is 24.6 Å². The predicted molar refractivity (Wildman–Crippen MR) is 106 cm³/mol. The summed E-state index contributed by atoms with van der Waals surface area (Å²) in [6, 6.07) is 24.3. The van der Waals surface area contributed by atoms with Gasteiger partial charge in [0.15, 0.2) is 0 Å². The fraction of sp³-hybridized carbons (Fsp3) is 0.0455. The number of para-hydroxylation sites is 2. The van der Waals surface area contributed by atoms with Gasteiger partial charge in [0, 0.05) is 28.1 Å². The molecule has 0 aliphatic rings.